The van der Waals surface area contributed by atoms with Crippen molar-refractivity contribution < 1.29 is 13.6 Å². The van der Waals surface area contributed by atoms with Crippen molar-refractivity contribution in [1.29, 1.82) is 0 Å². The Morgan fingerprint density at radius 1 is 0.941 bits per heavy atom. The molecule has 0 atom stereocenters. The number of nitrogens with zero attached hydrogens (tertiary/aromatic N) is 1. The number of aryl methyl sites for hydroxylation is 1. The van der Waals surface area contributed by atoms with Crippen LogP contribution in [0.5, 0.6) is 0 Å². The van der Waals surface area contributed by atoms with Crippen molar-refractivity contribution in [2.75, 3.05) is 7.11 Å². The van der Waals surface area contributed by atoms with E-state index in [2.05, 4.69) is 46.4 Å². The second kappa shape index (κ2) is 11.0. The molecule has 1 aliphatic heterocycles. The SMILES string of the molecule is C=CCC/C=C/CCc1ccc(-c2ccc(C3CC(C)(C)N(OC)C(C)(C)C3)c(F)c2)c(F)c1. The van der Waals surface area contributed by atoms with Gasteiger partial charge in [0.05, 0.1) is 7.11 Å². The Morgan fingerprint density at radius 2 is 1.62 bits per heavy atom. The predicted octanol–water partition coefficient (Wildman–Crippen LogP) is 8.38. The highest BCUT2D eigenvalue weighted by atomic mass is 19.1. The van der Waals surface area contributed by atoms with E-state index in [1.807, 2.05) is 29.3 Å². The van der Waals surface area contributed by atoms with Crippen molar-refractivity contribution >= 4 is 0 Å². The van der Waals surface area contributed by atoms with E-state index in [1.54, 1.807) is 19.2 Å². The number of halogens is 2. The lowest BCUT2D eigenvalue weighted by Crippen LogP contribution is -2.59. The molecule has 4 heteroatoms. The van der Waals surface area contributed by atoms with Gasteiger partial charge in [0.25, 0.3) is 0 Å². The quantitative estimate of drug-likeness (QED) is 0.271. The van der Waals surface area contributed by atoms with E-state index in [4.69, 9.17) is 4.84 Å². The first-order chi connectivity index (χ1) is 16.1. The molecule has 0 radical (unpaired) electrons. The molecule has 0 amide bonds. The standard InChI is InChI=1S/C30H39F2NO/c1-7-8-9-10-11-12-13-22-14-16-25(27(31)18-22)23-15-17-26(28(32)19-23)24-20-29(2,3)33(34-6)30(4,5)21-24/h7,10-11,14-19,24H,1,8-9,12-13,20-21H2,2-6H3/b11-10+. The molecule has 1 aliphatic rings. The van der Waals surface area contributed by atoms with Gasteiger partial charge in [-0.3, -0.25) is 0 Å². The summed E-state index contributed by atoms with van der Waals surface area (Å²) in [6.07, 6.45) is 11.3. The van der Waals surface area contributed by atoms with Crippen LogP contribution in [-0.2, 0) is 11.3 Å². The van der Waals surface area contributed by atoms with Crippen molar-refractivity contribution in [3.8, 4) is 11.1 Å². The summed E-state index contributed by atoms with van der Waals surface area (Å²) in [6, 6.07) is 10.5. The zero-order chi connectivity index (χ0) is 24.9. The van der Waals surface area contributed by atoms with E-state index < -0.39 is 0 Å². The molecule has 0 unspecified atom stereocenters. The van der Waals surface area contributed by atoms with Crippen LogP contribution in [0.15, 0.2) is 61.2 Å². The molecule has 2 aromatic rings. The topological polar surface area (TPSA) is 12.5 Å². The molecule has 0 bridgehead atoms. The summed E-state index contributed by atoms with van der Waals surface area (Å²) < 4.78 is 30.2. The minimum absolute atomic E-state index is 0.0669. The first kappa shape index (κ1) is 26.3. The molecule has 2 aromatic carbocycles. The van der Waals surface area contributed by atoms with Crippen LogP contribution in [0.25, 0.3) is 11.1 Å². The molecule has 0 saturated carbocycles. The molecule has 184 valence electrons. The fraction of sp³-hybridized carbons (Fsp3) is 0.467. The lowest BCUT2D eigenvalue weighted by Gasteiger charge is -2.53. The molecule has 34 heavy (non-hydrogen) atoms. The van der Waals surface area contributed by atoms with Gasteiger partial charge in [0.15, 0.2) is 0 Å². The average molecular weight is 468 g/mol. The Balaban J connectivity index is 1.75. The molecule has 0 aliphatic carbocycles. The first-order valence-electron chi connectivity index (χ1n) is 12.3. The number of hydroxylamine groups is 2. The van der Waals surface area contributed by atoms with Gasteiger partial charge in [-0.1, -0.05) is 42.5 Å². The van der Waals surface area contributed by atoms with E-state index in [0.29, 0.717) is 16.7 Å². The maximum absolute atomic E-state index is 15.3. The van der Waals surface area contributed by atoms with Crippen LogP contribution >= 0.6 is 0 Å². The van der Waals surface area contributed by atoms with Gasteiger partial charge in [0, 0.05) is 16.6 Å². The largest absolute Gasteiger partial charge is 0.301 e. The summed E-state index contributed by atoms with van der Waals surface area (Å²) >= 11 is 0. The van der Waals surface area contributed by atoms with Gasteiger partial charge < -0.3 is 4.84 Å². The van der Waals surface area contributed by atoms with E-state index >= 15 is 4.39 Å². The van der Waals surface area contributed by atoms with E-state index in [0.717, 1.165) is 44.1 Å². The highest BCUT2D eigenvalue weighted by Crippen LogP contribution is 2.46. The van der Waals surface area contributed by atoms with Gasteiger partial charge in [-0.05, 0) is 101 Å². The van der Waals surface area contributed by atoms with Crippen LogP contribution in [0, 0.1) is 11.6 Å². The minimum atomic E-state index is -0.309. The zero-order valence-corrected chi connectivity index (χ0v) is 21.3. The van der Waals surface area contributed by atoms with Crippen molar-refractivity contribution in [3.63, 3.8) is 0 Å². The number of piperidine rings is 1. The van der Waals surface area contributed by atoms with Gasteiger partial charge in [0.2, 0.25) is 0 Å². The van der Waals surface area contributed by atoms with Crippen LogP contribution in [0.2, 0.25) is 0 Å². The summed E-state index contributed by atoms with van der Waals surface area (Å²) in [7, 11) is 1.69. The molecular formula is C30H39F2NO. The number of rotatable bonds is 9. The van der Waals surface area contributed by atoms with Crippen LogP contribution in [0.1, 0.15) is 76.8 Å². The summed E-state index contributed by atoms with van der Waals surface area (Å²) in [5, 5.41) is 2.02. The van der Waals surface area contributed by atoms with Crippen molar-refractivity contribution in [1.82, 2.24) is 5.06 Å². The van der Waals surface area contributed by atoms with Gasteiger partial charge in [-0.25, -0.2) is 8.78 Å². The van der Waals surface area contributed by atoms with Gasteiger partial charge in [0.1, 0.15) is 11.6 Å². The van der Waals surface area contributed by atoms with Crippen molar-refractivity contribution in [2.24, 2.45) is 0 Å². The molecule has 2 nitrogen and oxygen atoms in total. The lowest BCUT2D eigenvalue weighted by atomic mass is 9.72. The molecule has 1 saturated heterocycles. The Labute approximate surface area is 204 Å². The van der Waals surface area contributed by atoms with Gasteiger partial charge in [-0.15, -0.1) is 6.58 Å². The van der Waals surface area contributed by atoms with Gasteiger partial charge in [-0.2, -0.15) is 5.06 Å². The monoisotopic (exact) mass is 467 g/mol. The molecular weight excluding hydrogens is 428 g/mol. The summed E-state index contributed by atoms with van der Waals surface area (Å²) in [5.74, 6) is -0.513. The lowest BCUT2D eigenvalue weighted by molar-refractivity contribution is -0.266. The van der Waals surface area contributed by atoms with Crippen LogP contribution < -0.4 is 0 Å². The number of hydrogen-bond donors (Lipinski definition) is 0. The highest BCUT2D eigenvalue weighted by Gasteiger charge is 2.46. The molecule has 3 rings (SSSR count). The molecule has 0 aromatic heterocycles. The average Bonchev–Trinajstić information content (AvgIpc) is 2.74. The van der Waals surface area contributed by atoms with Crippen molar-refractivity contribution in [3.05, 3.63) is 84.0 Å². The number of hydrogen-bond acceptors (Lipinski definition) is 2. The summed E-state index contributed by atoms with van der Waals surface area (Å²) in [5.41, 5.74) is 2.19. The van der Waals surface area contributed by atoms with E-state index in [1.165, 1.54) is 6.07 Å². The Morgan fingerprint density at radius 3 is 2.21 bits per heavy atom. The number of benzene rings is 2. The Hall–Kier alpha value is -2.30. The predicted molar refractivity (Wildman–Crippen MR) is 138 cm³/mol. The Kier molecular flexibility index (Phi) is 8.48. The first-order valence-corrected chi connectivity index (χ1v) is 12.3. The maximum Gasteiger partial charge on any atom is 0.131 e. The van der Waals surface area contributed by atoms with Crippen LogP contribution in [0.3, 0.4) is 0 Å². The Bertz CT molecular complexity index is 1010. The molecule has 0 spiro atoms. The van der Waals surface area contributed by atoms with E-state index in [-0.39, 0.29) is 28.6 Å². The number of allylic oxidation sites excluding steroid dienone is 3. The maximum atomic E-state index is 15.3. The van der Waals surface area contributed by atoms with Crippen molar-refractivity contribution in [2.45, 2.75) is 83.2 Å². The third-order valence-electron chi connectivity index (χ3n) is 6.86. The molecule has 1 fully saturated rings. The zero-order valence-electron chi connectivity index (χ0n) is 21.3. The van der Waals surface area contributed by atoms with Crippen LogP contribution in [0.4, 0.5) is 8.78 Å². The second-order valence-electron chi connectivity index (χ2n) is 10.6. The summed E-state index contributed by atoms with van der Waals surface area (Å²) in [4.78, 5) is 5.67. The van der Waals surface area contributed by atoms with Gasteiger partial charge >= 0.3 is 0 Å². The third-order valence-corrected chi connectivity index (χ3v) is 6.86. The smallest absolute Gasteiger partial charge is 0.131 e. The highest BCUT2D eigenvalue weighted by molar-refractivity contribution is 5.65. The normalized spacial score (nSPS) is 18.4. The fourth-order valence-electron chi connectivity index (χ4n) is 5.65. The molecule has 1 heterocycles. The van der Waals surface area contributed by atoms with E-state index in [9.17, 15) is 4.39 Å². The fourth-order valence-corrected chi connectivity index (χ4v) is 5.65. The van der Waals surface area contributed by atoms with Crippen LogP contribution in [-0.4, -0.2) is 23.3 Å². The number of unbranched alkanes of at least 4 members (excludes halogenated alkanes) is 1. The minimum Gasteiger partial charge on any atom is -0.301 e. The third kappa shape index (κ3) is 6.03. The molecule has 0 N–H and O–H groups in total. The summed E-state index contributed by atoms with van der Waals surface area (Å²) in [6.45, 7) is 12.2. The second-order valence-corrected chi connectivity index (χ2v) is 10.6.